The second-order valence-corrected chi connectivity index (χ2v) is 3.33. The van der Waals surface area contributed by atoms with E-state index in [1.165, 1.54) is 0 Å². The molecule has 76 valence electrons. The summed E-state index contributed by atoms with van der Waals surface area (Å²) in [4.78, 5) is 14.3. The van der Waals surface area contributed by atoms with Crippen molar-refractivity contribution < 1.29 is 9.90 Å². The average Bonchev–Trinajstić information content (AvgIpc) is 2.15. The van der Waals surface area contributed by atoms with Crippen LogP contribution in [0.25, 0.3) is 0 Å². The highest BCUT2D eigenvalue weighted by molar-refractivity contribution is 5.67. The second-order valence-electron chi connectivity index (χ2n) is 3.33. The van der Waals surface area contributed by atoms with Crippen molar-refractivity contribution in [1.29, 1.82) is 0 Å². The quantitative estimate of drug-likeness (QED) is 0.747. The van der Waals surface area contributed by atoms with Gasteiger partial charge in [-0.25, -0.2) is 0 Å². The molecule has 1 heterocycles. The standard InChI is InChI=1S/C10H14N2O2/c1-8(5-10(13)14)6-12-9-3-2-4-11-7-9/h2-4,7-8,12H,5-6H2,1H3,(H,13,14). The summed E-state index contributed by atoms with van der Waals surface area (Å²) in [5.41, 5.74) is 0.921. The van der Waals surface area contributed by atoms with Gasteiger partial charge in [0.05, 0.1) is 5.69 Å². The summed E-state index contributed by atoms with van der Waals surface area (Å²) in [6, 6.07) is 3.74. The van der Waals surface area contributed by atoms with Crippen molar-refractivity contribution in [3.63, 3.8) is 0 Å². The number of carboxylic acids is 1. The topological polar surface area (TPSA) is 62.2 Å². The maximum absolute atomic E-state index is 10.4. The fraction of sp³-hybridized carbons (Fsp3) is 0.400. The van der Waals surface area contributed by atoms with Crippen LogP contribution in [0.1, 0.15) is 13.3 Å². The summed E-state index contributed by atoms with van der Waals surface area (Å²) in [7, 11) is 0. The Bertz CT molecular complexity index is 287. The summed E-state index contributed by atoms with van der Waals surface area (Å²) in [5.74, 6) is -0.641. The Morgan fingerprint density at radius 3 is 3.07 bits per heavy atom. The lowest BCUT2D eigenvalue weighted by atomic mass is 10.1. The van der Waals surface area contributed by atoms with Crippen molar-refractivity contribution in [2.24, 2.45) is 5.92 Å². The number of rotatable bonds is 5. The molecular weight excluding hydrogens is 180 g/mol. The molecule has 0 aliphatic carbocycles. The predicted octanol–water partition coefficient (Wildman–Crippen LogP) is 1.60. The molecular formula is C10H14N2O2. The summed E-state index contributed by atoms with van der Waals surface area (Å²) >= 11 is 0. The number of aliphatic carboxylic acids is 1. The van der Waals surface area contributed by atoms with Crippen molar-refractivity contribution in [2.45, 2.75) is 13.3 Å². The van der Waals surface area contributed by atoms with Crippen LogP contribution in [-0.4, -0.2) is 22.6 Å². The molecule has 14 heavy (non-hydrogen) atoms. The van der Waals surface area contributed by atoms with Gasteiger partial charge in [0.25, 0.3) is 0 Å². The molecule has 1 atom stereocenters. The molecule has 0 radical (unpaired) electrons. The molecule has 1 unspecified atom stereocenters. The van der Waals surface area contributed by atoms with Crippen molar-refractivity contribution in [3.8, 4) is 0 Å². The Morgan fingerprint density at radius 1 is 1.71 bits per heavy atom. The van der Waals surface area contributed by atoms with Gasteiger partial charge in [-0.2, -0.15) is 0 Å². The molecule has 0 bridgehead atoms. The first kappa shape index (κ1) is 10.5. The van der Waals surface area contributed by atoms with E-state index in [1.54, 1.807) is 12.4 Å². The number of aromatic nitrogens is 1. The lowest BCUT2D eigenvalue weighted by Crippen LogP contribution is -2.14. The molecule has 0 aliphatic rings. The third kappa shape index (κ3) is 3.89. The highest BCUT2D eigenvalue weighted by atomic mass is 16.4. The molecule has 4 nitrogen and oxygen atoms in total. The third-order valence-corrected chi connectivity index (χ3v) is 1.84. The lowest BCUT2D eigenvalue weighted by Gasteiger charge is -2.10. The first-order valence-electron chi connectivity index (χ1n) is 4.54. The Kier molecular flexibility index (Phi) is 3.91. The number of nitrogens with one attached hydrogen (secondary N) is 1. The number of carboxylic acid groups (broad SMARTS) is 1. The van der Waals surface area contributed by atoms with Crippen LogP contribution in [0, 0.1) is 5.92 Å². The van der Waals surface area contributed by atoms with Crippen LogP contribution in [0.3, 0.4) is 0 Å². The van der Waals surface area contributed by atoms with Crippen molar-refractivity contribution in [2.75, 3.05) is 11.9 Å². The van der Waals surface area contributed by atoms with Crippen LogP contribution in [0.5, 0.6) is 0 Å². The van der Waals surface area contributed by atoms with Crippen molar-refractivity contribution >= 4 is 11.7 Å². The van der Waals surface area contributed by atoms with Gasteiger partial charge >= 0.3 is 5.97 Å². The van der Waals surface area contributed by atoms with Gasteiger partial charge in [0.1, 0.15) is 0 Å². The molecule has 4 heteroatoms. The summed E-state index contributed by atoms with van der Waals surface area (Å²) in [6.07, 6.45) is 3.60. The molecule has 0 saturated heterocycles. The molecule has 0 amide bonds. The van der Waals surface area contributed by atoms with E-state index in [2.05, 4.69) is 10.3 Å². The normalized spacial score (nSPS) is 12.1. The smallest absolute Gasteiger partial charge is 0.303 e. The van der Waals surface area contributed by atoms with Crippen LogP contribution < -0.4 is 5.32 Å². The predicted molar refractivity (Wildman–Crippen MR) is 54.1 cm³/mol. The summed E-state index contributed by atoms with van der Waals surface area (Å²) < 4.78 is 0. The molecule has 1 aromatic rings. The van der Waals surface area contributed by atoms with Gasteiger partial charge in [0.15, 0.2) is 0 Å². The van der Waals surface area contributed by atoms with E-state index in [0.717, 1.165) is 5.69 Å². The average molecular weight is 194 g/mol. The molecule has 0 saturated carbocycles. The molecule has 2 N–H and O–H groups in total. The monoisotopic (exact) mass is 194 g/mol. The molecule has 0 fully saturated rings. The minimum absolute atomic E-state index is 0.118. The minimum atomic E-state index is -0.759. The summed E-state index contributed by atoms with van der Waals surface area (Å²) in [5, 5.41) is 11.7. The van der Waals surface area contributed by atoms with Crippen LogP contribution in [0.15, 0.2) is 24.5 Å². The van der Waals surface area contributed by atoms with Gasteiger partial charge in [-0.1, -0.05) is 6.92 Å². The molecule has 0 aliphatic heterocycles. The number of carbonyl (C=O) groups is 1. The summed E-state index contributed by atoms with van der Waals surface area (Å²) in [6.45, 7) is 2.55. The minimum Gasteiger partial charge on any atom is -0.481 e. The Balaban J connectivity index is 2.30. The zero-order valence-corrected chi connectivity index (χ0v) is 8.10. The SMILES string of the molecule is CC(CNc1cccnc1)CC(=O)O. The van der Waals surface area contributed by atoms with E-state index in [1.807, 2.05) is 19.1 Å². The van der Waals surface area contributed by atoms with E-state index in [4.69, 9.17) is 5.11 Å². The maximum Gasteiger partial charge on any atom is 0.303 e. The van der Waals surface area contributed by atoms with Gasteiger partial charge in [0.2, 0.25) is 0 Å². The number of pyridine rings is 1. The van der Waals surface area contributed by atoms with E-state index in [9.17, 15) is 4.79 Å². The van der Waals surface area contributed by atoms with Crippen LogP contribution in [0.2, 0.25) is 0 Å². The van der Waals surface area contributed by atoms with Crippen LogP contribution >= 0.6 is 0 Å². The Labute approximate surface area is 83.0 Å². The van der Waals surface area contributed by atoms with Crippen LogP contribution in [0.4, 0.5) is 5.69 Å². The maximum atomic E-state index is 10.4. The fourth-order valence-corrected chi connectivity index (χ4v) is 1.13. The molecule has 0 aromatic carbocycles. The highest BCUT2D eigenvalue weighted by Gasteiger charge is 2.06. The van der Waals surface area contributed by atoms with E-state index < -0.39 is 5.97 Å². The fourth-order valence-electron chi connectivity index (χ4n) is 1.13. The van der Waals surface area contributed by atoms with Gasteiger partial charge in [-0.3, -0.25) is 9.78 Å². The van der Waals surface area contributed by atoms with Gasteiger partial charge < -0.3 is 10.4 Å². The van der Waals surface area contributed by atoms with Gasteiger partial charge in [-0.15, -0.1) is 0 Å². The van der Waals surface area contributed by atoms with E-state index in [-0.39, 0.29) is 12.3 Å². The Hall–Kier alpha value is -1.58. The second kappa shape index (κ2) is 5.21. The van der Waals surface area contributed by atoms with Gasteiger partial charge in [-0.05, 0) is 18.1 Å². The van der Waals surface area contributed by atoms with Crippen molar-refractivity contribution in [3.05, 3.63) is 24.5 Å². The number of hydrogen-bond donors (Lipinski definition) is 2. The van der Waals surface area contributed by atoms with Gasteiger partial charge in [0, 0.05) is 25.4 Å². The Morgan fingerprint density at radius 2 is 2.50 bits per heavy atom. The zero-order valence-electron chi connectivity index (χ0n) is 8.10. The molecule has 0 spiro atoms. The third-order valence-electron chi connectivity index (χ3n) is 1.84. The number of anilines is 1. The van der Waals surface area contributed by atoms with E-state index >= 15 is 0 Å². The number of nitrogens with zero attached hydrogens (tertiary/aromatic N) is 1. The zero-order chi connectivity index (χ0) is 10.4. The molecule has 1 aromatic heterocycles. The largest absolute Gasteiger partial charge is 0.481 e. The number of hydrogen-bond acceptors (Lipinski definition) is 3. The van der Waals surface area contributed by atoms with Crippen molar-refractivity contribution in [1.82, 2.24) is 4.98 Å². The highest BCUT2D eigenvalue weighted by Crippen LogP contribution is 2.06. The molecule has 1 rings (SSSR count). The first-order chi connectivity index (χ1) is 6.68. The first-order valence-corrected chi connectivity index (χ1v) is 4.54. The lowest BCUT2D eigenvalue weighted by molar-refractivity contribution is -0.137. The van der Waals surface area contributed by atoms with E-state index in [0.29, 0.717) is 6.54 Å². The van der Waals surface area contributed by atoms with Crippen LogP contribution in [-0.2, 0) is 4.79 Å².